The van der Waals surface area contributed by atoms with Crippen LogP contribution in [0.15, 0.2) is 47.1 Å². The number of likely N-dealkylation sites (tertiary alicyclic amines) is 1. The van der Waals surface area contributed by atoms with Crippen molar-refractivity contribution in [2.45, 2.75) is 19.4 Å². The molecule has 1 aliphatic rings. The third kappa shape index (κ3) is 4.62. The van der Waals surface area contributed by atoms with Gasteiger partial charge in [-0.2, -0.15) is 0 Å². The number of hydrogen-bond acceptors (Lipinski definition) is 7. The van der Waals surface area contributed by atoms with Gasteiger partial charge in [-0.25, -0.2) is 0 Å². The van der Waals surface area contributed by atoms with Gasteiger partial charge < -0.3 is 19.4 Å². The molecule has 3 heterocycles. The van der Waals surface area contributed by atoms with Gasteiger partial charge in [0, 0.05) is 19.4 Å². The number of furan rings is 1. The fraction of sp³-hybridized carbons (Fsp3) is 0.300. The average molecular weight is 412 g/mol. The number of ether oxygens (including phenoxy) is 1. The zero-order valence-corrected chi connectivity index (χ0v) is 16.6. The van der Waals surface area contributed by atoms with Crippen molar-refractivity contribution in [3.8, 4) is 5.75 Å². The summed E-state index contributed by atoms with van der Waals surface area (Å²) in [5.74, 6) is 0.815. The summed E-state index contributed by atoms with van der Waals surface area (Å²) < 4.78 is 10.4. The van der Waals surface area contributed by atoms with Crippen molar-refractivity contribution in [3.05, 3.63) is 59.0 Å². The Bertz CT molecular complexity index is 984. The van der Waals surface area contributed by atoms with Crippen molar-refractivity contribution in [1.29, 1.82) is 0 Å². The van der Waals surface area contributed by atoms with Crippen LogP contribution >= 0.6 is 11.3 Å². The maximum Gasteiger partial charge on any atom is 0.231 e. The van der Waals surface area contributed by atoms with Gasteiger partial charge in [-0.1, -0.05) is 23.5 Å². The minimum atomic E-state index is -0.411. The van der Waals surface area contributed by atoms with E-state index >= 15 is 0 Å². The SMILES string of the molecule is COc1ccc(Cc2nnc(NC(=O)[C@H]3CC(=O)N(Cc4ccco4)C3)s2)cc1. The van der Waals surface area contributed by atoms with Crippen LogP contribution in [0.25, 0.3) is 0 Å². The van der Waals surface area contributed by atoms with E-state index in [9.17, 15) is 9.59 Å². The van der Waals surface area contributed by atoms with Gasteiger partial charge in [0.2, 0.25) is 16.9 Å². The second-order valence-electron chi connectivity index (χ2n) is 6.77. The number of benzene rings is 1. The molecule has 1 aliphatic heterocycles. The molecule has 2 aromatic heterocycles. The molecule has 3 aromatic rings. The highest BCUT2D eigenvalue weighted by Crippen LogP contribution is 2.24. The number of methoxy groups -OCH3 is 1. The number of carbonyl (C=O) groups excluding carboxylic acids is 2. The maximum atomic E-state index is 12.6. The van der Waals surface area contributed by atoms with Crippen molar-refractivity contribution >= 4 is 28.3 Å². The van der Waals surface area contributed by atoms with Crippen molar-refractivity contribution in [1.82, 2.24) is 15.1 Å². The van der Waals surface area contributed by atoms with Crippen LogP contribution in [0.3, 0.4) is 0 Å². The van der Waals surface area contributed by atoms with Gasteiger partial charge in [-0.05, 0) is 29.8 Å². The normalized spacial score (nSPS) is 16.2. The quantitative estimate of drug-likeness (QED) is 0.641. The predicted molar refractivity (Wildman–Crippen MR) is 107 cm³/mol. The second kappa shape index (κ2) is 8.44. The summed E-state index contributed by atoms with van der Waals surface area (Å²) in [6.45, 7) is 0.739. The number of nitrogens with one attached hydrogen (secondary N) is 1. The largest absolute Gasteiger partial charge is 0.497 e. The van der Waals surface area contributed by atoms with Crippen LogP contribution in [0.4, 0.5) is 5.13 Å². The Morgan fingerprint density at radius 2 is 2.14 bits per heavy atom. The first kappa shape index (κ1) is 19.1. The van der Waals surface area contributed by atoms with Crippen molar-refractivity contribution in [3.63, 3.8) is 0 Å². The van der Waals surface area contributed by atoms with Gasteiger partial charge in [-0.15, -0.1) is 10.2 Å². The highest BCUT2D eigenvalue weighted by molar-refractivity contribution is 7.15. The number of nitrogens with zero attached hydrogens (tertiary/aromatic N) is 3. The Morgan fingerprint density at radius 1 is 1.31 bits per heavy atom. The van der Waals surface area contributed by atoms with Gasteiger partial charge in [-0.3, -0.25) is 9.59 Å². The molecule has 0 saturated carbocycles. The van der Waals surface area contributed by atoms with Crippen LogP contribution < -0.4 is 10.1 Å². The first-order valence-corrected chi connectivity index (χ1v) is 9.98. The third-order valence-corrected chi connectivity index (χ3v) is 5.56. The van der Waals surface area contributed by atoms with Gasteiger partial charge in [0.25, 0.3) is 0 Å². The minimum absolute atomic E-state index is 0.0565. The van der Waals surface area contributed by atoms with Crippen LogP contribution in [0.1, 0.15) is 22.8 Å². The highest BCUT2D eigenvalue weighted by atomic mass is 32.1. The molecular weight excluding hydrogens is 392 g/mol. The zero-order valence-electron chi connectivity index (χ0n) is 15.8. The van der Waals surface area contributed by atoms with E-state index in [-0.39, 0.29) is 18.2 Å². The van der Waals surface area contributed by atoms with Crippen LogP contribution in [-0.4, -0.2) is 40.6 Å². The number of amides is 2. The first-order valence-electron chi connectivity index (χ1n) is 9.17. The smallest absolute Gasteiger partial charge is 0.231 e. The fourth-order valence-corrected chi connectivity index (χ4v) is 3.97. The molecule has 1 aromatic carbocycles. The monoisotopic (exact) mass is 412 g/mol. The van der Waals surface area contributed by atoms with E-state index in [1.807, 2.05) is 30.3 Å². The van der Waals surface area contributed by atoms with E-state index in [0.717, 1.165) is 16.3 Å². The van der Waals surface area contributed by atoms with Crippen LogP contribution in [0.5, 0.6) is 5.75 Å². The van der Waals surface area contributed by atoms with E-state index < -0.39 is 5.92 Å². The minimum Gasteiger partial charge on any atom is -0.497 e. The van der Waals surface area contributed by atoms with Crippen LogP contribution in [-0.2, 0) is 22.6 Å². The van der Waals surface area contributed by atoms with Gasteiger partial charge >= 0.3 is 0 Å². The lowest BCUT2D eigenvalue weighted by molar-refractivity contribution is -0.128. The maximum absolute atomic E-state index is 12.6. The molecule has 1 fully saturated rings. The van der Waals surface area contributed by atoms with Crippen molar-refractivity contribution in [2.75, 3.05) is 19.0 Å². The molecule has 0 bridgehead atoms. The molecule has 2 amide bonds. The lowest BCUT2D eigenvalue weighted by Crippen LogP contribution is -2.27. The van der Waals surface area contributed by atoms with Crippen LogP contribution in [0, 0.1) is 5.92 Å². The van der Waals surface area contributed by atoms with Crippen molar-refractivity contribution in [2.24, 2.45) is 5.92 Å². The lowest BCUT2D eigenvalue weighted by Gasteiger charge is -2.14. The molecule has 4 rings (SSSR count). The summed E-state index contributed by atoms with van der Waals surface area (Å²) in [4.78, 5) is 26.4. The first-order chi connectivity index (χ1) is 14.1. The fourth-order valence-electron chi connectivity index (χ4n) is 3.19. The summed E-state index contributed by atoms with van der Waals surface area (Å²) in [6, 6.07) is 11.3. The number of aromatic nitrogens is 2. The van der Waals surface area contributed by atoms with Gasteiger partial charge in [0.05, 0.1) is 25.8 Å². The van der Waals surface area contributed by atoms with E-state index in [2.05, 4.69) is 15.5 Å². The number of carbonyl (C=O) groups is 2. The molecule has 8 nitrogen and oxygen atoms in total. The topological polar surface area (TPSA) is 97.6 Å². The Morgan fingerprint density at radius 3 is 2.86 bits per heavy atom. The Labute approximate surface area is 171 Å². The molecular formula is C20H20N4O4S. The average Bonchev–Trinajstić information content (AvgIpc) is 3.46. The van der Waals surface area contributed by atoms with Gasteiger partial charge in [0.15, 0.2) is 0 Å². The number of hydrogen-bond donors (Lipinski definition) is 1. The molecule has 1 N–H and O–H groups in total. The molecule has 1 atom stereocenters. The van der Waals surface area contributed by atoms with Gasteiger partial charge in [0.1, 0.15) is 16.5 Å². The molecule has 29 heavy (non-hydrogen) atoms. The summed E-state index contributed by atoms with van der Waals surface area (Å²) >= 11 is 1.33. The summed E-state index contributed by atoms with van der Waals surface area (Å²) in [5.41, 5.74) is 1.08. The van der Waals surface area contributed by atoms with E-state index in [0.29, 0.717) is 30.4 Å². The number of anilines is 1. The molecule has 150 valence electrons. The highest BCUT2D eigenvalue weighted by Gasteiger charge is 2.35. The summed E-state index contributed by atoms with van der Waals surface area (Å²) in [6.07, 6.45) is 2.37. The molecule has 9 heteroatoms. The Hall–Kier alpha value is -3.20. The van der Waals surface area contributed by atoms with Crippen molar-refractivity contribution < 1.29 is 18.7 Å². The zero-order chi connectivity index (χ0) is 20.2. The summed E-state index contributed by atoms with van der Waals surface area (Å²) in [5, 5.41) is 12.2. The molecule has 0 unspecified atom stereocenters. The Kier molecular flexibility index (Phi) is 5.57. The molecule has 0 spiro atoms. The predicted octanol–water partition coefficient (Wildman–Crippen LogP) is 2.72. The van der Waals surface area contributed by atoms with Crippen LogP contribution in [0.2, 0.25) is 0 Å². The second-order valence-corrected chi connectivity index (χ2v) is 7.83. The molecule has 1 saturated heterocycles. The molecule has 0 aliphatic carbocycles. The standard InChI is InChI=1S/C20H20N4O4S/c1-27-15-6-4-13(5-7-15)9-17-22-23-20(29-17)21-19(26)14-10-18(25)24(11-14)12-16-3-2-8-28-16/h2-8,14H,9-12H2,1H3,(H,21,23,26)/t14-/m0/s1. The third-order valence-electron chi connectivity index (χ3n) is 4.72. The van der Waals surface area contributed by atoms with E-state index in [1.54, 1.807) is 24.3 Å². The lowest BCUT2D eigenvalue weighted by atomic mass is 10.1. The summed E-state index contributed by atoms with van der Waals surface area (Å²) in [7, 11) is 1.63. The molecule has 0 radical (unpaired) electrons. The Balaban J connectivity index is 1.32. The van der Waals surface area contributed by atoms with E-state index in [1.165, 1.54) is 11.3 Å². The van der Waals surface area contributed by atoms with E-state index in [4.69, 9.17) is 9.15 Å². The number of rotatable bonds is 7.